The zero-order valence-electron chi connectivity index (χ0n) is 18.1. The Balaban J connectivity index is 1.49. The quantitative estimate of drug-likeness (QED) is 0.572. The fraction of sp³-hybridized carbons (Fsp3) is 0.364. The first-order valence-corrected chi connectivity index (χ1v) is 10.5. The first-order chi connectivity index (χ1) is 15.4. The van der Waals surface area contributed by atoms with Crippen LogP contribution in [0.1, 0.15) is 18.9 Å². The van der Waals surface area contributed by atoms with Gasteiger partial charge in [-0.1, -0.05) is 6.08 Å². The molecule has 0 radical (unpaired) electrons. The molecule has 0 spiro atoms. The van der Waals surface area contributed by atoms with Gasteiger partial charge < -0.3 is 20.1 Å². The Kier molecular flexibility index (Phi) is 6.31. The first-order valence-electron chi connectivity index (χ1n) is 10.5. The maximum absolute atomic E-state index is 13.1. The number of aromatic amines is 1. The highest BCUT2D eigenvalue weighted by Gasteiger charge is 2.26. The van der Waals surface area contributed by atoms with E-state index in [0.717, 1.165) is 0 Å². The molecule has 32 heavy (non-hydrogen) atoms. The number of likely N-dealkylation sites (tertiary alicyclic amines) is 1. The predicted octanol–water partition coefficient (Wildman–Crippen LogP) is 2.28. The van der Waals surface area contributed by atoms with E-state index in [1.54, 1.807) is 33.9 Å². The minimum absolute atomic E-state index is 0.00955. The van der Waals surface area contributed by atoms with E-state index >= 15 is 0 Å². The van der Waals surface area contributed by atoms with Gasteiger partial charge in [0, 0.05) is 37.4 Å². The van der Waals surface area contributed by atoms with Crippen LogP contribution in [0.3, 0.4) is 0 Å². The molecule has 10 heteroatoms. The number of rotatable bonds is 6. The minimum Gasteiger partial charge on any atom is -0.339 e. The van der Waals surface area contributed by atoms with Gasteiger partial charge in [-0.05, 0) is 51.2 Å². The molecule has 2 N–H and O–H groups in total. The van der Waals surface area contributed by atoms with Crippen molar-refractivity contribution in [2.24, 2.45) is 0 Å². The summed E-state index contributed by atoms with van der Waals surface area (Å²) in [7, 11) is 3.90. The van der Waals surface area contributed by atoms with Crippen LogP contribution in [-0.2, 0) is 4.79 Å². The van der Waals surface area contributed by atoms with Crippen molar-refractivity contribution >= 4 is 28.7 Å². The molecule has 3 heterocycles. The minimum atomic E-state index is -0.329. The average molecular weight is 439 g/mol. The number of likely N-dealkylation sites (N-methyl/N-ethyl adjacent to an activating group) is 1. The van der Waals surface area contributed by atoms with Crippen molar-refractivity contribution in [1.29, 1.82) is 0 Å². The molecule has 168 valence electrons. The molecule has 0 saturated carbocycles. The molecule has 1 aromatic carbocycles. The smallest absolute Gasteiger partial charge is 0.327 e. The molecule has 2 aromatic heterocycles. The highest BCUT2D eigenvalue weighted by Crippen LogP contribution is 2.25. The second kappa shape index (κ2) is 9.31. The van der Waals surface area contributed by atoms with Crippen molar-refractivity contribution in [2.45, 2.75) is 18.9 Å². The van der Waals surface area contributed by atoms with Crippen LogP contribution < -0.4 is 11.0 Å². The van der Waals surface area contributed by atoms with E-state index in [9.17, 15) is 14.0 Å². The fourth-order valence-corrected chi connectivity index (χ4v) is 3.79. The van der Waals surface area contributed by atoms with Gasteiger partial charge in [0.05, 0.1) is 6.20 Å². The number of hydrogen-bond donors (Lipinski definition) is 2. The van der Waals surface area contributed by atoms with E-state index in [1.807, 2.05) is 25.1 Å². The summed E-state index contributed by atoms with van der Waals surface area (Å²) in [5.41, 5.74) is 1.45. The van der Waals surface area contributed by atoms with E-state index in [1.165, 1.54) is 12.1 Å². The zero-order valence-corrected chi connectivity index (χ0v) is 18.1. The van der Waals surface area contributed by atoms with E-state index in [2.05, 4.69) is 20.3 Å². The molecule has 4 rings (SSSR count). The largest absolute Gasteiger partial charge is 0.339 e. The Morgan fingerprint density at radius 1 is 1.28 bits per heavy atom. The molecule has 1 amide bonds. The predicted molar refractivity (Wildman–Crippen MR) is 120 cm³/mol. The first kappa shape index (κ1) is 21.7. The summed E-state index contributed by atoms with van der Waals surface area (Å²) in [5.74, 6) is -0.0235. The molecule has 0 atom stereocenters. The molecular formula is C22H26FN7O2. The number of piperidine rings is 1. The van der Waals surface area contributed by atoms with Crippen LogP contribution in [-0.4, -0.2) is 69.0 Å². The van der Waals surface area contributed by atoms with E-state index < -0.39 is 0 Å². The van der Waals surface area contributed by atoms with Gasteiger partial charge in [0.1, 0.15) is 11.3 Å². The summed E-state index contributed by atoms with van der Waals surface area (Å²) in [6.45, 7) is 1.85. The number of carbonyl (C=O) groups is 1. The fourth-order valence-electron chi connectivity index (χ4n) is 3.79. The van der Waals surface area contributed by atoms with Crippen molar-refractivity contribution < 1.29 is 9.18 Å². The van der Waals surface area contributed by atoms with Crippen molar-refractivity contribution in [3.05, 3.63) is 58.9 Å². The van der Waals surface area contributed by atoms with Gasteiger partial charge in [-0.3, -0.25) is 9.36 Å². The van der Waals surface area contributed by atoms with Crippen molar-refractivity contribution in [3.63, 3.8) is 0 Å². The Morgan fingerprint density at radius 2 is 2.00 bits per heavy atom. The lowest BCUT2D eigenvalue weighted by atomic mass is 10.0. The van der Waals surface area contributed by atoms with E-state index in [0.29, 0.717) is 55.3 Å². The Labute approximate surface area is 184 Å². The van der Waals surface area contributed by atoms with Gasteiger partial charge in [0.2, 0.25) is 11.9 Å². The van der Waals surface area contributed by atoms with Crippen molar-refractivity contribution in [3.8, 4) is 0 Å². The number of anilines is 2. The van der Waals surface area contributed by atoms with E-state index in [4.69, 9.17) is 0 Å². The number of H-pyrrole nitrogens is 1. The monoisotopic (exact) mass is 439 g/mol. The summed E-state index contributed by atoms with van der Waals surface area (Å²) in [6, 6.07) is 5.80. The third-order valence-electron chi connectivity index (χ3n) is 5.43. The van der Waals surface area contributed by atoms with Crippen LogP contribution in [0, 0.1) is 5.82 Å². The van der Waals surface area contributed by atoms with Gasteiger partial charge in [-0.2, -0.15) is 4.98 Å². The molecule has 0 aliphatic carbocycles. The lowest BCUT2D eigenvalue weighted by Gasteiger charge is -2.31. The molecule has 9 nitrogen and oxygen atoms in total. The number of nitrogens with one attached hydrogen (secondary N) is 2. The van der Waals surface area contributed by atoms with Crippen molar-refractivity contribution in [1.82, 2.24) is 29.3 Å². The van der Waals surface area contributed by atoms with E-state index in [-0.39, 0.29) is 23.5 Å². The normalized spacial score (nSPS) is 15.2. The molecule has 1 saturated heterocycles. The van der Waals surface area contributed by atoms with Crippen molar-refractivity contribution in [2.75, 3.05) is 39.0 Å². The number of benzene rings is 1. The standard InChI is InChI=1S/C22H26FN7O2/c1-28(2)11-3-4-19(31)29-12-9-17(10-13-29)30-20-18(26-22(30)32)14-24-21(27-20)25-16-7-5-15(23)6-8-16/h3-8,14,17H,9-13H2,1-2H3,(H,26,32)(H,24,25,27). The number of amides is 1. The van der Waals surface area contributed by atoms with Gasteiger partial charge >= 0.3 is 5.69 Å². The Hall–Kier alpha value is -3.53. The molecule has 1 aliphatic heterocycles. The number of aromatic nitrogens is 4. The van der Waals surface area contributed by atoms with Crippen LogP contribution in [0.5, 0.6) is 0 Å². The topological polar surface area (TPSA) is 99.2 Å². The summed E-state index contributed by atoms with van der Waals surface area (Å²) in [4.78, 5) is 40.4. The number of carbonyl (C=O) groups excluding carboxylic acids is 1. The molecule has 3 aromatic rings. The zero-order chi connectivity index (χ0) is 22.7. The summed E-state index contributed by atoms with van der Waals surface area (Å²) < 4.78 is 14.8. The van der Waals surface area contributed by atoms with Crippen LogP contribution >= 0.6 is 0 Å². The molecular weight excluding hydrogens is 413 g/mol. The molecule has 1 fully saturated rings. The SMILES string of the molecule is CN(C)CC=CC(=O)N1CCC(n2c(=O)[nH]c3cnc(Nc4ccc(F)cc4)nc32)CC1. The maximum atomic E-state index is 13.1. The highest BCUT2D eigenvalue weighted by atomic mass is 19.1. The lowest BCUT2D eigenvalue weighted by molar-refractivity contribution is -0.127. The van der Waals surface area contributed by atoms with Gasteiger partial charge in [0.15, 0.2) is 5.65 Å². The van der Waals surface area contributed by atoms with Gasteiger partial charge in [-0.15, -0.1) is 0 Å². The Morgan fingerprint density at radius 3 is 2.69 bits per heavy atom. The number of hydrogen-bond acceptors (Lipinski definition) is 6. The summed E-state index contributed by atoms with van der Waals surface area (Å²) >= 11 is 0. The number of halogens is 1. The summed E-state index contributed by atoms with van der Waals surface area (Å²) in [6.07, 6.45) is 6.33. The Bertz CT molecular complexity index is 1180. The van der Waals surface area contributed by atoms with Crippen LogP contribution in [0.25, 0.3) is 11.2 Å². The molecule has 1 aliphatic rings. The molecule has 0 unspecified atom stereocenters. The van der Waals surface area contributed by atoms with Gasteiger partial charge in [0.25, 0.3) is 0 Å². The van der Waals surface area contributed by atoms with Gasteiger partial charge in [-0.25, -0.2) is 14.2 Å². The second-order valence-corrected chi connectivity index (χ2v) is 8.08. The van der Waals surface area contributed by atoms with Crippen LogP contribution in [0.4, 0.5) is 16.0 Å². The number of imidazole rings is 1. The lowest BCUT2D eigenvalue weighted by Crippen LogP contribution is -2.39. The third-order valence-corrected chi connectivity index (χ3v) is 5.43. The van der Waals surface area contributed by atoms with Crippen LogP contribution in [0.2, 0.25) is 0 Å². The maximum Gasteiger partial charge on any atom is 0.327 e. The second-order valence-electron chi connectivity index (χ2n) is 8.08. The van der Waals surface area contributed by atoms with Crippen LogP contribution in [0.15, 0.2) is 47.4 Å². The third kappa shape index (κ3) is 4.86. The highest BCUT2D eigenvalue weighted by molar-refractivity contribution is 5.87. The number of fused-ring (bicyclic) bond motifs is 1. The molecule has 0 bridgehead atoms. The number of nitrogens with zero attached hydrogens (tertiary/aromatic N) is 5. The summed E-state index contributed by atoms with van der Waals surface area (Å²) in [5, 5.41) is 3.03. The average Bonchev–Trinajstić information content (AvgIpc) is 3.10.